The SMILES string of the molecule is CCCC1CCN(CC2CC(C)(C)CCC2=O)CC1. The molecule has 0 N–H and O–H groups in total. The van der Waals surface area contributed by atoms with Crippen LogP contribution in [0, 0.1) is 17.3 Å². The second-order valence-electron chi connectivity index (χ2n) is 7.56. The number of Topliss-reactive ketones (excluding diaryl/α,β-unsaturated/α-hetero) is 1. The van der Waals surface area contributed by atoms with Crippen LogP contribution in [0.25, 0.3) is 0 Å². The Morgan fingerprint density at radius 3 is 2.58 bits per heavy atom. The standard InChI is InChI=1S/C17H31NO/c1-4-5-14-7-10-18(11-8-14)13-15-12-17(2,3)9-6-16(15)19/h14-15H,4-13H2,1-3H3. The van der Waals surface area contributed by atoms with Crippen LogP contribution < -0.4 is 0 Å². The second-order valence-corrected chi connectivity index (χ2v) is 7.56. The Kier molecular flexibility index (Phi) is 5.05. The summed E-state index contributed by atoms with van der Waals surface area (Å²) < 4.78 is 0. The van der Waals surface area contributed by atoms with Crippen molar-refractivity contribution in [1.29, 1.82) is 0 Å². The quantitative estimate of drug-likeness (QED) is 0.768. The Morgan fingerprint density at radius 2 is 1.95 bits per heavy atom. The Labute approximate surface area is 118 Å². The lowest BCUT2D eigenvalue weighted by atomic mass is 9.71. The van der Waals surface area contributed by atoms with Crippen LogP contribution in [0.15, 0.2) is 0 Å². The van der Waals surface area contributed by atoms with Crippen LogP contribution in [0.2, 0.25) is 0 Å². The molecule has 0 spiro atoms. The molecule has 1 aliphatic carbocycles. The summed E-state index contributed by atoms with van der Waals surface area (Å²) in [6, 6.07) is 0. The van der Waals surface area contributed by atoms with Gasteiger partial charge in [0.1, 0.15) is 5.78 Å². The van der Waals surface area contributed by atoms with Gasteiger partial charge in [-0.05, 0) is 50.1 Å². The highest BCUT2D eigenvalue weighted by molar-refractivity contribution is 5.82. The predicted molar refractivity (Wildman–Crippen MR) is 80.2 cm³/mol. The molecule has 2 aliphatic rings. The molecule has 0 bridgehead atoms. The molecular formula is C17H31NO. The molecule has 1 unspecified atom stereocenters. The minimum atomic E-state index is 0.312. The first-order valence-corrected chi connectivity index (χ1v) is 8.25. The number of piperidine rings is 1. The predicted octanol–water partition coefficient (Wildman–Crippen LogP) is 3.89. The van der Waals surface area contributed by atoms with E-state index < -0.39 is 0 Å². The maximum Gasteiger partial charge on any atom is 0.137 e. The van der Waals surface area contributed by atoms with Crippen molar-refractivity contribution in [3.05, 3.63) is 0 Å². The van der Waals surface area contributed by atoms with Crippen LogP contribution >= 0.6 is 0 Å². The molecule has 1 saturated carbocycles. The van der Waals surface area contributed by atoms with Gasteiger partial charge in [0.25, 0.3) is 0 Å². The van der Waals surface area contributed by atoms with E-state index in [9.17, 15) is 4.79 Å². The number of carbonyl (C=O) groups excluding carboxylic acids is 1. The molecule has 0 aromatic heterocycles. The van der Waals surface area contributed by atoms with Crippen molar-refractivity contribution in [2.24, 2.45) is 17.3 Å². The normalized spacial score (nSPS) is 29.6. The Morgan fingerprint density at radius 1 is 1.26 bits per heavy atom. The van der Waals surface area contributed by atoms with E-state index >= 15 is 0 Å². The smallest absolute Gasteiger partial charge is 0.137 e. The van der Waals surface area contributed by atoms with Gasteiger partial charge in [-0.25, -0.2) is 0 Å². The fourth-order valence-corrected chi connectivity index (χ4v) is 3.89. The summed E-state index contributed by atoms with van der Waals surface area (Å²) >= 11 is 0. The molecule has 1 aliphatic heterocycles. The molecular weight excluding hydrogens is 234 g/mol. The van der Waals surface area contributed by atoms with E-state index in [4.69, 9.17) is 0 Å². The maximum absolute atomic E-state index is 12.1. The van der Waals surface area contributed by atoms with Crippen molar-refractivity contribution in [3.63, 3.8) is 0 Å². The number of likely N-dealkylation sites (tertiary alicyclic amines) is 1. The van der Waals surface area contributed by atoms with E-state index in [1.807, 2.05) is 0 Å². The van der Waals surface area contributed by atoms with Gasteiger partial charge in [-0.15, -0.1) is 0 Å². The largest absolute Gasteiger partial charge is 0.303 e. The summed E-state index contributed by atoms with van der Waals surface area (Å²) in [7, 11) is 0. The molecule has 0 aromatic rings. The first kappa shape index (κ1) is 15.0. The molecule has 0 radical (unpaired) electrons. The molecule has 0 aromatic carbocycles. The molecule has 19 heavy (non-hydrogen) atoms. The summed E-state index contributed by atoms with van der Waals surface area (Å²) in [5.41, 5.74) is 0.374. The number of nitrogens with zero attached hydrogens (tertiary/aromatic N) is 1. The van der Waals surface area contributed by atoms with Crippen molar-refractivity contribution in [2.75, 3.05) is 19.6 Å². The summed E-state index contributed by atoms with van der Waals surface area (Å²) in [6.07, 6.45) is 8.39. The van der Waals surface area contributed by atoms with Crippen LogP contribution in [0.5, 0.6) is 0 Å². The summed E-state index contributed by atoms with van der Waals surface area (Å²) in [5.74, 6) is 1.78. The van der Waals surface area contributed by atoms with Gasteiger partial charge in [0.2, 0.25) is 0 Å². The van der Waals surface area contributed by atoms with Gasteiger partial charge in [0.05, 0.1) is 0 Å². The highest BCUT2D eigenvalue weighted by atomic mass is 16.1. The highest BCUT2D eigenvalue weighted by Crippen LogP contribution is 2.37. The van der Waals surface area contributed by atoms with E-state index in [1.54, 1.807) is 0 Å². The molecule has 1 heterocycles. The van der Waals surface area contributed by atoms with E-state index in [0.717, 1.165) is 31.7 Å². The average Bonchev–Trinajstić information content (AvgIpc) is 2.36. The number of hydrogen-bond acceptors (Lipinski definition) is 2. The minimum Gasteiger partial charge on any atom is -0.303 e. The second kappa shape index (κ2) is 6.39. The summed E-state index contributed by atoms with van der Waals surface area (Å²) in [6.45, 7) is 10.4. The van der Waals surface area contributed by atoms with Crippen LogP contribution in [-0.2, 0) is 4.79 Å². The van der Waals surface area contributed by atoms with E-state index in [0.29, 0.717) is 17.1 Å². The number of ketones is 1. The van der Waals surface area contributed by atoms with Gasteiger partial charge < -0.3 is 4.90 Å². The van der Waals surface area contributed by atoms with Gasteiger partial charge in [-0.3, -0.25) is 4.79 Å². The number of hydrogen-bond donors (Lipinski definition) is 0. The summed E-state index contributed by atoms with van der Waals surface area (Å²) in [5, 5.41) is 0. The monoisotopic (exact) mass is 265 g/mol. The molecule has 2 fully saturated rings. The zero-order valence-corrected chi connectivity index (χ0v) is 13.1. The Hall–Kier alpha value is -0.370. The topological polar surface area (TPSA) is 20.3 Å². The van der Waals surface area contributed by atoms with Crippen LogP contribution in [-0.4, -0.2) is 30.3 Å². The van der Waals surface area contributed by atoms with Crippen LogP contribution in [0.3, 0.4) is 0 Å². The molecule has 110 valence electrons. The van der Waals surface area contributed by atoms with Gasteiger partial charge >= 0.3 is 0 Å². The zero-order chi connectivity index (χ0) is 13.9. The lowest BCUT2D eigenvalue weighted by Gasteiger charge is -2.39. The molecule has 1 atom stereocenters. The van der Waals surface area contributed by atoms with Crippen molar-refractivity contribution < 1.29 is 4.79 Å². The van der Waals surface area contributed by atoms with Crippen molar-refractivity contribution in [1.82, 2.24) is 4.90 Å². The third kappa shape index (κ3) is 4.30. The molecule has 1 saturated heterocycles. The van der Waals surface area contributed by atoms with Gasteiger partial charge in [0, 0.05) is 18.9 Å². The van der Waals surface area contributed by atoms with Gasteiger partial charge in [0.15, 0.2) is 0 Å². The van der Waals surface area contributed by atoms with Crippen molar-refractivity contribution >= 4 is 5.78 Å². The van der Waals surface area contributed by atoms with Crippen LogP contribution in [0.4, 0.5) is 0 Å². The van der Waals surface area contributed by atoms with E-state index in [2.05, 4.69) is 25.7 Å². The Bertz CT molecular complexity index is 302. The van der Waals surface area contributed by atoms with E-state index in [-0.39, 0.29) is 0 Å². The lowest BCUT2D eigenvalue weighted by molar-refractivity contribution is -0.127. The molecule has 2 rings (SSSR count). The summed E-state index contributed by atoms with van der Waals surface area (Å²) in [4.78, 5) is 14.6. The minimum absolute atomic E-state index is 0.312. The lowest BCUT2D eigenvalue weighted by Crippen LogP contribution is -2.42. The van der Waals surface area contributed by atoms with Crippen molar-refractivity contribution in [3.8, 4) is 0 Å². The third-order valence-corrected chi connectivity index (χ3v) is 5.19. The third-order valence-electron chi connectivity index (χ3n) is 5.19. The van der Waals surface area contributed by atoms with Gasteiger partial charge in [-0.1, -0.05) is 33.6 Å². The van der Waals surface area contributed by atoms with Gasteiger partial charge in [-0.2, -0.15) is 0 Å². The van der Waals surface area contributed by atoms with Crippen LogP contribution in [0.1, 0.15) is 65.7 Å². The zero-order valence-electron chi connectivity index (χ0n) is 13.1. The Balaban J connectivity index is 1.80. The first-order chi connectivity index (χ1) is 9.00. The molecule has 2 heteroatoms. The molecule has 0 amide bonds. The number of rotatable bonds is 4. The average molecular weight is 265 g/mol. The van der Waals surface area contributed by atoms with Crippen molar-refractivity contribution in [2.45, 2.75) is 65.7 Å². The fraction of sp³-hybridized carbons (Fsp3) is 0.941. The highest BCUT2D eigenvalue weighted by Gasteiger charge is 2.34. The fourth-order valence-electron chi connectivity index (χ4n) is 3.89. The number of carbonyl (C=O) groups is 1. The maximum atomic E-state index is 12.1. The first-order valence-electron chi connectivity index (χ1n) is 8.25. The molecule has 2 nitrogen and oxygen atoms in total. The van der Waals surface area contributed by atoms with E-state index in [1.165, 1.54) is 38.8 Å².